The van der Waals surface area contributed by atoms with E-state index in [0.717, 1.165) is 25.9 Å². The Morgan fingerprint density at radius 2 is 2.10 bits per heavy atom. The monoisotopic (exact) mass is 356 g/mol. The van der Waals surface area contributed by atoms with Crippen LogP contribution < -0.4 is 10.6 Å². The number of ether oxygens (including phenoxy) is 1. The molecule has 0 aromatic heterocycles. The highest BCUT2D eigenvalue weighted by Crippen LogP contribution is 2.23. The van der Waals surface area contributed by atoms with Crippen molar-refractivity contribution in [2.24, 2.45) is 0 Å². The van der Waals surface area contributed by atoms with E-state index in [1.807, 2.05) is 0 Å². The van der Waals surface area contributed by atoms with Gasteiger partial charge in [-0.3, -0.25) is 4.79 Å². The SMILES string of the molecule is O=C(COC1CCNCC1)Nc1cc(C(=O)O)ccc1Br. The number of aromatic carboxylic acids is 1. The van der Waals surface area contributed by atoms with Gasteiger partial charge in [0.1, 0.15) is 6.61 Å². The quantitative estimate of drug-likeness (QED) is 0.749. The van der Waals surface area contributed by atoms with Gasteiger partial charge >= 0.3 is 5.97 Å². The van der Waals surface area contributed by atoms with Crippen LogP contribution in [0.25, 0.3) is 0 Å². The number of carbonyl (C=O) groups excluding carboxylic acids is 1. The third-order valence-electron chi connectivity index (χ3n) is 3.22. The number of anilines is 1. The van der Waals surface area contributed by atoms with Crippen molar-refractivity contribution in [3.05, 3.63) is 28.2 Å². The van der Waals surface area contributed by atoms with E-state index >= 15 is 0 Å². The fraction of sp³-hybridized carbons (Fsp3) is 0.429. The first-order chi connectivity index (χ1) is 10.1. The summed E-state index contributed by atoms with van der Waals surface area (Å²) in [5, 5.41) is 14.8. The second-order valence-electron chi connectivity index (χ2n) is 4.81. The average molecular weight is 357 g/mol. The van der Waals surface area contributed by atoms with Gasteiger partial charge in [0.15, 0.2) is 0 Å². The number of benzene rings is 1. The minimum atomic E-state index is -1.04. The number of hydrogen-bond acceptors (Lipinski definition) is 4. The van der Waals surface area contributed by atoms with Crippen molar-refractivity contribution >= 4 is 33.5 Å². The van der Waals surface area contributed by atoms with Gasteiger partial charge in [-0.15, -0.1) is 0 Å². The van der Waals surface area contributed by atoms with Gasteiger partial charge < -0.3 is 20.5 Å². The lowest BCUT2D eigenvalue weighted by Crippen LogP contribution is -2.34. The van der Waals surface area contributed by atoms with Gasteiger partial charge in [0.05, 0.1) is 17.4 Å². The molecule has 0 radical (unpaired) electrons. The van der Waals surface area contributed by atoms with Crippen LogP contribution in [0, 0.1) is 0 Å². The van der Waals surface area contributed by atoms with Crippen LogP contribution in [0.15, 0.2) is 22.7 Å². The normalized spacial score (nSPS) is 15.7. The standard InChI is InChI=1S/C14H17BrN2O4/c15-11-2-1-9(14(19)20)7-12(11)17-13(18)8-21-10-3-5-16-6-4-10/h1-2,7,10,16H,3-6,8H2,(H,17,18)(H,19,20). The maximum absolute atomic E-state index is 11.9. The van der Waals surface area contributed by atoms with Gasteiger partial charge in [-0.1, -0.05) is 0 Å². The molecular formula is C14H17BrN2O4. The van der Waals surface area contributed by atoms with Gasteiger partial charge in [-0.25, -0.2) is 4.79 Å². The molecule has 0 saturated carbocycles. The Hall–Kier alpha value is -1.44. The van der Waals surface area contributed by atoms with Crippen molar-refractivity contribution < 1.29 is 19.4 Å². The average Bonchev–Trinajstić information content (AvgIpc) is 2.48. The summed E-state index contributed by atoms with van der Waals surface area (Å²) in [6.07, 6.45) is 1.89. The van der Waals surface area contributed by atoms with Crippen LogP contribution in [0.3, 0.4) is 0 Å². The molecule has 0 bridgehead atoms. The van der Waals surface area contributed by atoms with Crippen molar-refractivity contribution in [2.45, 2.75) is 18.9 Å². The molecule has 3 N–H and O–H groups in total. The highest BCUT2D eigenvalue weighted by molar-refractivity contribution is 9.10. The fourth-order valence-electron chi connectivity index (χ4n) is 2.10. The lowest BCUT2D eigenvalue weighted by Gasteiger charge is -2.22. The first-order valence-electron chi connectivity index (χ1n) is 6.71. The van der Waals surface area contributed by atoms with Crippen molar-refractivity contribution in [1.82, 2.24) is 5.32 Å². The lowest BCUT2D eigenvalue weighted by molar-refractivity contribution is -0.123. The van der Waals surface area contributed by atoms with Crippen molar-refractivity contribution in [3.8, 4) is 0 Å². The molecule has 21 heavy (non-hydrogen) atoms. The van der Waals surface area contributed by atoms with Gasteiger partial charge in [-0.2, -0.15) is 0 Å². The summed E-state index contributed by atoms with van der Waals surface area (Å²) in [5.41, 5.74) is 0.543. The van der Waals surface area contributed by atoms with Crippen molar-refractivity contribution in [2.75, 3.05) is 25.0 Å². The summed E-state index contributed by atoms with van der Waals surface area (Å²) < 4.78 is 6.18. The number of piperidine rings is 1. The highest BCUT2D eigenvalue weighted by atomic mass is 79.9. The first-order valence-corrected chi connectivity index (χ1v) is 7.50. The van der Waals surface area contributed by atoms with E-state index in [1.165, 1.54) is 12.1 Å². The molecule has 1 fully saturated rings. The number of carbonyl (C=O) groups is 2. The summed E-state index contributed by atoms with van der Waals surface area (Å²) >= 11 is 3.28. The summed E-state index contributed by atoms with van der Waals surface area (Å²) in [6.45, 7) is 1.77. The molecule has 1 aromatic rings. The van der Waals surface area contributed by atoms with E-state index in [2.05, 4.69) is 26.6 Å². The second kappa shape index (κ2) is 7.53. The van der Waals surface area contributed by atoms with Gasteiger partial charge in [0, 0.05) is 4.47 Å². The van der Waals surface area contributed by atoms with E-state index in [0.29, 0.717) is 10.2 Å². The third kappa shape index (κ3) is 4.80. The second-order valence-corrected chi connectivity index (χ2v) is 5.66. The first kappa shape index (κ1) is 15.9. The van der Waals surface area contributed by atoms with Crippen molar-refractivity contribution in [1.29, 1.82) is 0 Å². The summed E-state index contributed by atoms with van der Waals surface area (Å²) in [6, 6.07) is 4.47. The number of halogens is 1. The Bertz CT molecular complexity index is 530. The Morgan fingerprint density at radius 3 is 2.76 bits per heavy atom. The smallest absolute Gasteiger partial charge is 0.335 e. The molecule has 1 amide bonds. The van der Waals surface area contributed by atoms with E-state index in [4.69, 9.17) is 9.84 Å². The maximum Gasteiger partial charge on any atom is 0.335 e. The van der Waals surface area contributed by atoms with Gasteiger partial charge in [0.25, 0.3) is 0 Å². The van der Waals surface area contributed by atoms with E-state index in [-0.39, 0.29) is 24.2 Å². The topological polar surface area (TPSA) is 87.7 Å². The molecule has 2 rings (SSSR count). The summed E-state index contributed by atoms with van der Waals surface area (Å²) in [5.74, 6) is -1.33. The van der Waals surface area contributed by atoms with E-state index in [9.17, 15) is 9.59 Å². The molecule has 1 saturated heterocycles. The van der Waals surface area contributed by atoms with E-state index in [1.54, 1.807) is 6.07 Å². The molecule has 0 aliphatic carbocycles. The van der Waals surface area contributed by atoms with Crippen LogP contribution in [0.1, 0.15) is 23.2 Å². The number of carboxylic acid groups (broad SMARTS) is 1. The summed E-state index contributed by atoms with van der Waals surface area (Å²) in [4.78, 5) is 22.8. The summed E-state index contributed by atoms with van der Waals surface area (Å²) in [7, 11) is 0. The highest BCUT2D eigenvalue weighted by Gasteiger charge is 2.15. The predicted molar refractivity (Wildman–Crippen MR) is 81.6 cm³/mol. The molecule has 1 heterocycles. The minimum absolute atomic E-state index is 0.0333. The molecule has 1 aromatic carbocycles. The number of nitrogens with one attached hydrogen (secondary N) is 2. The molecule has 0 spiro atoms. The lowest BCUT2D eigenvalue weighted by atomic mass is 10.1. The van der Waals surface area contributed by atoms with Crippen molar-refractivity contribution in [3.63, 3.8) is 0 Å². The van der Waals surface area contributed by atoms with Gasteiger partial charge in [-0.05, 0) is 60.1 Å². The van der Waals surface area contributed by atoms with Crippen LogP contribution in [-0.4, -0.2) is 42.8 Å². The van der Waals surface area contributed by atoms with Crippen LogP contribution >= 0.6 is 15.9 Å². The molecule has 1 aliphatic heterocycles. The molecule has 1 aliphatic rings. The van der Waals surface area contributed by atoms with Crippen LogP contribution in [-0.2, 0) is 9.53 Å². The molecular weight excluding hydrogens is 340 g/mol. The van der Waals surface area contributed by atoms with Crippen LogP contribution in [0.5, 0.6) is 0 Å². The maximum atomic E-state index is 11.9. The third-order valence-corrected chi connectivity index (χ3v) is 3.92. The molecule has 0 atom stereocenters. The molecule has 0 unspecified atom stereocenters. The molecule has 114 valence electrons. The van der Waals surface area contributed by atoms with Crippen LogP contribution in [0.4, 0.5) is 5.69 Å². The molecule has 6 nitrogen and oxygen atoms in total. The Balaban J connectivity index is 1.89. The number of carboxylic acids is 1. The number of rotatable bonds is 5. The zero-order valence-corrected chi connectivity index (χ0v) is 13.0. The van der Waals surface area contributed by atoms with Gasteiger partial charge in [0.2, 0.25) is 5.91 Å². The number of hydrogen-bond donors (Lipinski definition) is 3. The van der Waals surface area contributed by atoms with Crippen LogP contribution in [0.2, 0.25) is 0 Å². The number of amides is 1. The minimum Gasteiger partial charge on any atom is -0.478 e. The zero-order chi connectivity index (χ0) is 15.2. The Morgan fingerprint density at radius 1 is 1.38 bits per heavy atom. The fourth-order valence-corrected chi connectivity index (χ4v) is 2.44. The largest absolute Gasteiger partial charge is 0.478 e. The Kier molecular flexibility index (Phi) is 5.72. The molecule has 7 heteroatoms. The van der Waals surface area contributed by atoms with E-state index < -0.39 is 5.97 Å². The Labute approximate surface area is 131 Å². The predicted octanol–water partition coefficient (Wildman–Crippen LogP) is 1.85. The zero-order valence-electron chi connectivity index (χ0n) is 11.4.